The van der Waals surface area contributed by atoms with E-state index in [0.717, 1.165) is 42.5 Å². The van der Waals surface area contributed by atoms with Gasteiger partial charge in [-0.15, -0.1) is 11.3 Å². The Morgan fingerprint density at radius 2 is 1.88 bits per heavy atom. The zero-order chi connectivity index (χ0) is 23.5. The summed E-state index contributed by atoms with van der Waals surface area (Å²) in [5.74, 6) is 0. The van der Waals surface area contributed by atoms with E-state index in [-0.39, 0.29) is 17.3 Å². The molecule has 0 aromatic carbocycles. The van der Waals surface area contributed by atoms with Crippen LogP contribution >= 0.6 is 11.3 Å². The number of rotatable bonds is 7. The van der Waals surface area contributed by atoms with Crippen molar-refractivity contribution >= 4 is 27.6 Å². The molecule has 0 saturated heterocycles. The van der Waals surface area contributed by atoms with Gasteiger partial charge in [-0.3, -0.25) is 19.4 Å². The Morgan fingerprint density at radius 3 is 2.50 bits per heavy atom. The zero-order valence-electron chi connectivity index (χ0n) is 19.6. The maximum Gasteiger partial charge on any atom is 0.422 e. The SMILES string of the molecule is COCCn1c(=O)n(C2CCCCC2)c(=O)c2c(C)c(CNNC(=O)OC(C)(C)C)sc21. The summed E-state index contributed by atoms with van der Waals surface area (Å²) >= 11 is 1.39. The van der Waals surface area contributed by atoms with Crippen LogP contribution in [-0.2, 0) is 22.6 Å². The molecule has 2 aromatic heterocycles. The molecular weight excluding hydrogens is 432 g/mol. The third-order valence-electron chi connectivity index (χ3n) is 5.64. The van der Waals surface area contributed by atoms with Gasteiger partial charge >= 0.3 is 11.8 Å². The van der Waals surface area contributed by atoms with Gasteiger partial charge in [-0.05, 0) is 46.1 Å². The van der Waals surface area contributed by atoms with Crippen molar-refractivity contribution in [1.82, 2.24) is 20.0 Å². The first-order valence-corrected chi connectivity index (χ1v) is 11.9. The molecule has 32 heavy (non-hydrogen) atoms. The van der Waals surface area contributed by atoms with Crippen LogP contribution in [-0.4, -0.2) is 34.5 Å². The van der Waals surface area contributed by atoms with Crippen molar-refractivity contribution in [1.29, 1.82) is 0 Å². The smallest absolute Gasteiger partial charge is 0.422 e. The fourth-order valence-corrected chi connectivity index (χ4v) is 5.38. The normalized spacial score (nSPS) is 15.3. The van der Waals surface area contributed by atoms with Crippen LogP contribution in [0.2, 0.25) is 0 Å². The minimum atomic E-state index is -0.596. The molecule has 1 amide bonds. The quantitative estimate of drug-likeness (QED) is 0.608. The van der Waals surface area contributed by atoms with Gasteiger partial charge in [0.15, 0.2) is 0 Å². The molecule has 0 radical (unpaired) electrons. The van der Waals surface area contributed by atoms with Gasteiger partial charge in [-0.2, -0.15) is 0 Å². The summed E-state index contributed by atoms with van der Waals surface area (Å²) in [5, 5.41) is 0.574. The highest BCUT2D eigenvalue weighted by Crippen LogP contribution is 2.30. The molecule has 0 spiro atoms. The lowest BCUT2D eigenvalue weighted by molar-refractivity contribution is 0.0497. The van der Waals surface area contributed by atoms with E-state index in [4.69, 9.17) is 9.47 Å². The Morgan fingerprint density at radius 1 is 1.19 bits per heavy atom. The van der Waals surface area contributed by atoms with E-state index in [1.807, 2.05) is 6.92 Å². The van der Waals surface area contributed by atoms with Crippen LogP contribution in [0.3, 0.4) is 0 Å². The maximum atomic E-state index is 13.5. The fraction of sp³-hybridized carbons (Fsp3) is 0.682. The number of nitrogens with zero attached hydrogens (tertiary/aromatic N) is 2. The number of hydrazine groups is 1. The molecule has 9 nitrogen and oxygen atoms in total. The molecule has 0 unspecified atom stereocenters. The molecule has 1 saturated carbocycles. The summed E-state index contributed by atoms with van der Waals surface area (Å²) in [6, 6.07) is -0.0587. The van der Waals surface area contributed by atoms with Crippen molar-refractivity contribution in [3.63, 3.8) is 0 Å². The summed E-state index contributed by atoms with van der Waals surface area (Å²) in [4.78, 5) is 40.2. The van der Waals surface area contributed by atoms with Crippen LogP contribution in [0.4, 0.5) is 4.79 Å². The van der Waals surface area contributed by atoms with E-state index in [1.54, 1.807) is 32.4 Å². The largest absolute Gasteiger partial charge is 0.443 e. The number of methoxy groups -OCH3 is 1. The number of ether oxygens (including phenoxy) is 2. The van der Waals surface area contributed by atoms with Crippen molar-refractivity contribution in [3.05, 3.63) is 31.3 Å². The van der Waals surface area contributed by atoms with Gasteiger partial charge in [0.05, 0.1) is 18.5 Å². The van der Waals surface area contributed by atoms with Crippen molar-refractivity contribution in [2.24, 2.45) is 0 Å². The summed E-state index contributed by atoms with van der Waals surface area (Å²) in [6.45, 7) is 8.33. The predicted molar refractivity (Wildman–Crippen MR) is 125 cm³/mol. The van der Waals surface area contributed by atoms with E-state index in [9.17, 15) is 14.4 Å². The molecule has 1 aliphatic rings. The first-order chi connectivity index (χ1) is 15.1. The maximum absolute atomic E-state index is 13.5. The Labute approximate surface area is 191 Å². The van der Waals surface area contributed by atoms with Gasteiger partial charge in [0.1, 0.15) is 10.4 Å². The average molecular weight is 467 g/mol. The third kappa shape index (κ3) is 5.41. The van der Waals surface area contributed by atoms with Crippen LogP contribution in [0.1, 0.15) is 69.4 Å². The van der Waals surface area contributed by atoms with Crippen LogP contribution in [0.5, 0.6) is 0 Å². The van der Waals surface area contributed by atoms with Crippen molar-refractivity contribution in [3.8, 4) is 0 Å². The lowest BCUT2D eigenvalue weighted by atomic mass is 9.95. The van der Waals surface area contributed by atoms with E-state index in [2.05, 4.69) is 10.9 Å². The van der Waals surface area contributed by atoms with E-state index in [1.165, 1.54) is 15.9 Å². The second kappa shape index (κ2) is 10.2. The summed E-state index contributed by atoms with van der Waals surface area (Å²) in [6.07, 6.45) is 4.32. The number of carbonyl (C=O) groups is 1. The number of amides is 1. The molecule has 0 aliphatic heterocycles. The van der Waals surface area contributed by atoms with Crippen molar-refractivity contribution in [2.45, 2.75) is 84.5 Å². The van der Waals surface area contributed by atoms with Crippen molar-refractivity contribution in [2.75, 3.05) is 13.7 Å². The minimum Gasteiger partial charge on any atom is -0.443 e. The molecule has 2 aromatic rings. The number of hydrogen-bond acceptors (Lipinski definition) is 7. The highest BCUT2D eigenvalue weighted by atomic mass is 32.1. The first-order valence-electron chi connectivity index (χ1n) is 11.1. The van der Waals surface area contributed by atoms with Gasteiger partial charge in [0.2, 0.25) is 0 Å². The number of aromatic nitrogens is 2. The summed E-state index contributed by atoms with van der Waals surface area (Å²) < 4.78 is 13.6. The zero-order valence-corrected chi connectivity index (χ0v) is 20.4. The van der Waals surface area contributed by atoms with E-state index in [0.29, 0.717) is 29.9 Å². The first kappa shape index (κ1) is 24.5. The molecular formula is C22H34N4O5S. The summed E-state index contributed by atoms with van der Waals surface area (Å²) in [5.41, 5.74) is 5.13. The van der Waals surface area contributed by atoms with Crippen LogP contribution in [0.15, 0.2) is 9.59 Å². The molecule has 3 rings (SSSR count). The molecule has 1 aliphatic carbocycles. The number of aryl methyl sites for hydroxylation is 1. The van der Waals surface area contributed by atoms with E-state index >= 15 is 0 Å². The number of nitrogens with one attached hydrogen (secondary N) is 2. The second-order valence-electron chi connectivity index (χ2n) is 9.20. The van der Waals surface area contributed by atoms with Crippen molar-refractivity contribution < 1.29 is 14.3 Å². The lowest BCUT2D eigenvalue weighted by Crippen LogP contribution is -2.43. The van der Waals surface area contributed by atoms with Gasteiger partial charge in [-0.1, -0.05) is 19.3 Å². The number of fused-ring (bicyclic) bond motifs is 1. The monoisotopic (exact) mass is 466 g/mol. The van der Waals surface area contributed by atoms with Gasteiger partial charge in [0, 0.05) is 24.6 Å². The van der Waals surface area contributed by atoms with Gasteiger partial charge in [0.25, 0.3) is 5.56 Å². The summed E-state index contributed by atoms with van der Waals surface area (Å²) in [7, 11) is 1.59. The molecule has 10 heteroatoms. The lowest BCUT2D eigenvalue weighted by Gasteiger charge is -2.24. The fourth-order valence-electron chi connectivity index (χ4n) is 4.12. The standard InChI is InChI=1S/C22H34N4O5S/c1-14-16(13-23-24-20(28)31-22(2,3)4)32-19-17(14)18(27)26(15-9-7-6-8-10-15)21(29)25(19)11-12-30-5/h15,23H,6-13H2,1-5H3,(H,24,28). The third-order valence-corrected chi connectivity index (χ3v) is 6.95. The number of hydrogen-bond donors (Lipinski definition) is 2. The molecule has 1 fully saturated rings. The van der Waals surface area contributed by atoms with Crippen LogP contribution < -0.4 is 22.1 Å². The van der Waals surface area contributed by atoms with Crippen LogP contribution in [0.25, 0.3) is 10.2 Å². The van der Waals surface area contributed by atoms with Gasteiger partial charge < -0.3 is 9.47 Å². The number of thiophene rings is 1. The Balaban J connectivity index is 1.96. The molecule has 2 N–H and O–H groups in total. The van der Waals surface area contributed by atoms with E-state index < -0.39 is 11.7 Å². The highest BCUT2D eigenvalue weighted by Gasteiger charge is 2.25. The average Bonchev–Trinajstić information content (AvgIpc) is 3.04. The highest BCUT2D eigenvalue weighted by molar-refractivity contribution is 7.18. The van der Waals surface area contributed by atoms with Gasteiger partial charge in [-0.25, -0.2) is 15.0 Å². The molecule has 2 heterocycles. The molecule has 0 bridgehead atoms. The Kier molecular flexibility index (Phi) is 7.79. The Bertz CT molecular complexity index is 1070. The minimum absolute atomic E-state index is 0.0587. The van der Waals surface area contributed by atoms with Crippen LogP contribution in [0, 0.1) is 6.92 Å². The predicted octanol–water partition coefficient (Wildman–Crippen LogP) is 3.21. The second-order valence-corrected chi connectivity index (χ2v) is 10.3. The molecule has 0 atom stereocenters. The topological polar surface area (TPSA) is 104 Å². The molecule has 178 valence electrons. The number of carbonyl (C=O) groups excluding carboxylic acids is 1. The Hall–Kier alpha value is -2.17.